The number of likely N-dealkylation sites (N-methyl/N-ethyl adjacent to an activating group) is 1. The van der Waals surface area contributed by atoms with Crippen LogP contribution in [-0.2, 0) is 0 Å². The Kier molecular flexibility index (Phi) is 4.47. The SMILES string of the molecule is CN(CCO)C(C(N)=S)c1ccsc1. The Bertz CT molecular complexity index is 287. The molecule has 78 valence electrons. The van der Waals surface area contributed by atoms with Crippen LogP contribution in [-0.4, -0.2) is 35.2 Å². The fraction of sp³-hybridized carbons (Fsp3) is 0.444. The Morgan fingerprint density at radius 2 is 2.50 bits per heavy atom. The summed E-state index contributed by atoms with van der Waals surface area (Å²) in [7, 11) is 1.90. The Morgan fingerprint density at radius 1 is 1.79 bits per heavy atom. The lowest BCUT2D eigenvalue weighted by molar-refractivity contribution is 0.207. The lowest BCUT2D eigenvalue weighted by Gasteiger charge is -2.25. The molecule has 0 radical (unpaired) electrons. The van der Waals surface area contributed by atoms with Crippen LogP contribution in [0.15, 0.2) is 16.8 Å². The second-order valence-electron chi connectivity index (χ2n) is 3.07. The van der Waals surface area contributed by atoms with Crippen LogP contribution in [0.5, 0.6) is 0 Å². The van der Waals surface area contributed by atoms with E-state index >= 15 is 0 Å². The maximum absolute atomic E-state index is 8.84. The van der Waals surface area contributed by atoms with Gasteiger partial charge in [-0.3, -0.25) is 4.90 Å². The third kappa shape index (κ3) is 2.75. The molecule has 14 heavy (non-hydrogen) atoms. The summed E-state index contributed by atoms with van der Waals surface area (Å²) >= 11 is 6.63. The van der Waals surface area contributed by atoms with Crippen molar-refractivity contribution < 1.29 is 5.11 Å². The van der Waals surface area contributed by atoms with Crippen molar-refractivity contribution in [2.24, 2.45) is 5.73 Å². The van der Waals surface area contributed by atoms with Gasteiger partial charge in [-0.15, -0.1) is 0 Å². The van der Waals surface area contributed by atoms with Gasteiger partial charge in [-0.05, 0) is 29.4 Å². The fourth-order valence-corrected chi connectivity index (χ4v) is 2.35. The van der Waals surface area contributed by atoms with E-state index in [1.165, 1.54) is 0 Å². The zero-order valence-corrected chi connectivity index (χ0v) is 9.64. The Labute approximate surface area is 93.1 Å². The predicted octanol–water partition coefficient (Wildman–Crippen LogP) is 0.999. The van der Waals surface area contributed by atoms with E-state index in [9.17, 15) is 0 Å². The van der Waals surface area contributed by atoms with E-state index in [0.717, 1.165) is 5.56 Å². The van der Waals surface area contributed by atoms with E-state index in [1.54, 1.807) is 11.3 Å². The minimum absolute atomic E-state index is 0.0663. The summed E-state index contributed by atoms with van der Waals surface area (Å²) in [6, 6.07) is 1.94. The van der Waals surface area contributed by atoms with E-state index in [4.69, 9.17) is 23.1 Å². The molecule has 1 aromatic rings. The number of hydrogen-bond acceptors (Lipinski definition) is 4. The molecule has 3 nitrogen and oxygen atoms in total. The van der Waals surface area contributed by atoms with Gasteiger partial charge in [0.15, 0.2) is 0 Å². The molecule has 0 aromatic carbocycles. The lowest BCUT2D eigenvalue weighted by atomic mass is 10.1. The quantitative estimate of drug-likeness (QED) is 0.741. The van der Waals surface area contributed by atoms with Crippen LogP contribution in [0.25, 0.3) is 0 Å². The van der Waals surface area contributed by atoms with Crippen LogP contribution < -0.4 is 5.73 Å². The number of thiophene rings is 1. The first-order chi connectivity index (χ1) is 6.66. The van der Waals surface area contributed by atoms with E-state index < -0.39 is 0 Å². The van der Waals surface area contributed by atoms with Gasteiger partial charge in [0.1, 0.15) is 0 Å². The molecular weight excluding hydrogens is 216 g/mol. The number of aliphatic hydroxyl groups is 1. The molecule has 1 rings (SSSR count). The molecular formula is C9H14N2OS2. The summed E-state index contributed by atoms with van der Waals surface area (Å²) in [5.74, 6) is 0. The topological polar surface area (TPSA) is 49.5 Å². The maximum atomic E-state index is 8.84. The van der Waals surface area contributed by atoms with Gasteiger partial charge in [0.2, 0.25) is 0 Å². The molecule has 0 aliphatic rings. The van der Waals surface area contributed by atoms with Crippen molar-refractivity contribution in [1.29, 1.82) is 0 Å². The predicted molar refractivity (Wildman–Crippen MR) is 63.6 cm³/mol. The van der Waals surface area contributed by atoms with Gasteiger partial charge in [-0.25, -0.2) is 0 Å². The molecule has 0 amide bonds. The second kappa shape index (κ2) is 5.41. The van der Waals surface area contributed by atoms with Crippen molar-refractivity contribution in [3.8, 4) is 0 Å². The van der Waals surface area contributed by atoms with Crippen LogP contribution in [0.4, 0.5) is 0 Å². The molecule has 1 heterocycles. The second-order valence-corrected chi connectivity index (χ2v) is 4.32. The number of rotatable bonds is 5. The molecule has 1 aromatic heterocycles. The minimum atomic E-state index is -0.0663. The molecule has 1 unspecified atom stereocenters. The highest BCUT2D eigenvalue weighted by Crippen LogP contribution is 2.21. The van der Waals surface area contributed by atoms with Crippen molar-refractivity contribution in [3.05, 3.63) is 22.4 Å². The zero-order chi connectivity index (χ0) is 10.6. The summed E-state index contributed by atoms with van der Waals surface area (Å²) in [5, 5.41) is 12.9. The maximum Gasteiger partial charge on any atom is 0.0948 e. The van der Waals surface area contributed by atoms with Crippen LogP contribution >= 0.6 is 23.6 Å². The summed E-state index contributed by atoms with van der Waals surface area (Å²) in [5.41, 5.74) is 6.77. The highest BCUT2D eigenvalue weighted by molar-refractivity contribution is 7.80. The molecule has 0 aliphatic carbocycles. The van der Waals surface area contributed by atoms with Gasteiger partial charge in [-0.2, -0.15) is 11.3 Å². The largest absolute Gasteiger partial charge is 0.395 e. The van der Waals surface area contributed by atoms with Gasteiger partial charge in [0, 0.05) is 6.54 Å². The molecule has 0 aliphatic heterocycles. The average molecular weight is 230 g/mol. The van der Waals surface area contributed by atoms with E-state index in [2.05, 4.69) is 0 Å². The van der Waals surface area contributed by atoms with Gasteiger partial charge >= 0.3 is 0 Å². The van der Waals surface area contributed by atoms with E-state index in [-0.39, 0.29) is 12.6 Å². The third-order valence-corrected chi connectivity index (χ3v) is 2.95. The van der Waals surface area contributed by atoms with Crippen LogP contribution in [0, 0.1) is 0 Å². The zero-order valence-electron chi connectivity index (χ0n) is 8.01. The molecule has 0 saturated carbocycles. The van der Waals surface area contributed by atoms with Crippen molar-refractivity contribution in [2.45, 2.75) is 6.04 Å². The first-order valence-corrected chi connectivity index (χ1v) is 5.64. The minimum Gasteiger partial charge on any atom is -0.395 e. The number of nitrogens with zero attached hydrogens (tertiary/aromatic N) is 1. The molecule has 3 N–H and O–H groups in total. The summed E-state index contributed by atoms with van der Waals surface area (Å²) in [4.78, 5) is 2.39. The third-order valence-electron chi connectivity index (χ3n) is 2.02. The summed E-state index contributed by atoms with van der Waals surface area (Å²) in [6.07, 6.45) is 0. The van der Waals surface area contributed by atoms with Gasteiger partial charge < -0.3 is 10.8 Å². The Hall–Kier alpha value is -0.490. The van der Waals surface area contributed by atoms with Crippen molar-refractivity contribution in [1.82, 2.24) is 4.90 Å². The number of thiocarbonyl (C=S) groups is 1. The van der Waals surface area contributed by atoms with Crippen molar-refractivity contribution in [3.63, 3.8) is 0 Å². The highest BCUT2D eigenvalue weighted by atomic mass is 32.1. The molecule has 0 spiro atoms. The number of aliphatic hydroxyl groups excluding tert-OH is 1. The first kappa shape index (κ1) is 11.6. The van der Waals surface area contributed by atoms with E-state index in [0.29, 0.717) is 11.5 Å². The van der Waals surface area contributed by atoms with Crippen molar-refractivity contribution >= 4 is 28.5 Å². The van der Waals surface area contributed by atoms with Gasteiger partial charge in [0.05, 0.1) is 17.6 Å². The number of nitrogens with two attached hydrogens (primary N) is 1. The van der Waals surface area contributed by atoms with Crippen LogP contribution in [0.2, 0.25) is 0 Å². The molecule has 5 heteroatoms. The lowest BCUT2D eigenvalue weighted by Crippen LogP contribution is -2.35. The van der Waals surface area contributed by atoms with Crippen LogP contribution in [0.1, 0.15) is 11.6 Å². The van der Waals surface area contributed by atoms with Crippen molar-refractivity contribution in [2.75, 3.05) is 20.2 Å². The highest BCUT2D eigenvalue weighted by Gasteiger charge is 2.19. The Morgan fingerprint density at radius 3 is 2.93 bits per heavy atom. The molecule has 1 atom stereocenters. The standard InChI is InChI=1S/C9H14N2OS2/c1-11(3-4-12)8(9(10)13)7-2-5-14-6-7/h2,5-6,8,12H,3-4H2,1H3,(H2,10,13). The van der Waals surface area contributed by atoms with Gasteiger partial charge in [0.25, 0.3) is 0 Å². The monoisotopic (exact) mass is 230 g/mol. The first-order valence-electron chi connectivity index (χ1n) is 4.29. The normalized spacial score (nSPS) is 13.1. The molecule has 0 bridgehead atoms. The average Bonchev–Trinajstić information content (AvgIpc) is 2.57. The van der Waals surface area contributed by atoms with E-state index in [1.807, 2.05) is 28.8 Å². The molecule has 0 saturated heterocycles. The van der Waals surface area contributed by atoms with Gasteiger partial charge in [-0.1, -0.05) is 12.2 Å². The smallest absolute Gasteiger partial charge is 0.0948 e. The fourth-order valence-electron chi connectivity index (χ4n) is 1.35. The molecule has 0 fully saturated rings. The summed E-state index contributed by atoms with van der Waals surface area (Å²) < 4.78 is 0. The summed E-state index contributed by atoms with van der Waals surface area (Å²) in [6.45, 7) is 0.678. The number of hydrogen-bond donors (Lipinski definition) is 2. The Balaban J connectivity index is 2.80. The van der Waals surface area contributed by atoms with Crippen LogP contribution in [0.3, 0.4) is 0 Å².